The molecule has 24 heavy (non-hydrogen) atoms. The zero-order chi connectivity index (χ0) is 17.1. The predicted molar refractivity (Wildman–Crippen MR) is 98.5 cm³/mol. The van der Waals surface area contributed by atoms with Gasteiger partial charge in [-0.1, -0.05) is 40.9 Å². The van der Waals surface area contributed by atoms with E-state index in [4.69, 9.17) is 11.6 Å². The number of hydrogen-bond acceptors (Lipinski definition) is 2. The van der Waals surface area contributed by atoms with Crippen molar-refractivity contribution in [2.24, 2.45) is 0 Å². The second-order valence-electron chi connectivity index (χ2n) is 6.57. The summed E-state index contributed by atoms with van der Waals surface area (Å²) in [6.07, 6.45) is 0. The molecule has 1 amide bonds. The number of rotatable bonds is 3. The number of aryl methyl sites for hydroxylation is 2. The van der Waals surface area contributed by atoms with Crippen LogP contribution >= 0.6 is 11.6 Å². The third kappa shape index (κ3) is 4.16. The Kier molecular flexibility index (Phi) is 5.22. The summed E-state index contributed by atoms with van der Waals surface area (Å²) >= 11 is 5.93. The summed E-state index contributed by atoms with van der Waals surface area (Å²) in [6, 6.07) is 14.0. The van der Waals surface area contributed by atoms with E-state index in [0.29, 0.717) is 0 Å². The van der Waals surface area contributed by atoms with Gasteiger partial charge in [-0.15, -0.1) is 0 Å². The minimum absolute atomic E-state index is 0.146. The number of carbonyl (C=O) groups is 1. The number of benzene rings is 2. The molecule has 1 aliphatic rings. The largest absolute Gasteiger partial charge is 0.336 e. The van der Waals surface area contributed by atoms with Gasteiger partial charge in [0.15, 0.2) is 0 Å². The molecule has 126 valence electrons. The highest BCUT2D eigenvalue weighted by molar-refractivity contribution is 6.30. The lowest BCUT2D eigenvalue weighted by molar-refractivity contribution is 0.0628. The Labute approximate surface area is 148 Å². The van der Waals surface area contributed by atoms with Gasteiger partial charge >= 0.3 is 0 Å². The van der Waals surface area contributed by atoms with Crippen LogP contribution in [0, 0.1) is 13.8 Å². The highest BCUT2D eigenvalue weighted by Gasteiger charge is 2.22. The van der Waals surface area contributed by atoms with E-state index in [-0.39, 0.29) is 5.91 Å². The van der Waals surface area contributed by atoms with Crippen LogP contribution in [0.15, 0.2) is 42.5 Å². The second kappa shape index (κ2) is 7.37. The number of piperazine rings is 1. The van der Waals surface area contributed by atoms with E-state index in [2.05, 4.69) is 23.1 Å². The van der Waals surface area contributed by atoms with E-state index in [1.807, 2.05) is 43.0 Å². The summed E-state index contributed by atoms with van der Waals surface area (Å²) in [5, 5.41) is 0.766. The van der Waals surface area contributed by atoms with Crippen LogP contribution in [0.3, 0.4) is 0 Å². The van der Waals surface area contributed by atoms with Crippen LogP contribution in [0.1, 0.15) is 27.0 Å². The number of hydrogen-bond donors (Lipinski definition) is 0. The summed E-state index contributed by atoms with van der Waals surface area (Å²) in [6.45, 7) is 8.33. The van der Waals surface area contributed by atoms with Gasteiger partial charge in [0, 0.05) is 43.3 Å². The highest BCUT2D eigenvalue weighted by Crippen LogP contribution is 2.15. The molecule has 0 unspecified atom stereocenters. The molecule has 1 fully saturated rings. The van der Waals surface area contributed by atoms with Crippen molar-refractivity contribution in [3.8, 4) is 0 Å². The van der Waals surface area contributed by atoms with Crippen LogP contribution in [-0.4, -0.2) is 41.9 Å². The van der Waals surface area contributed by atoms with Gasteiger partial charge in [-0.25, -0.2) is 0 Å². The molecule has 0 spiro atoms. The first-order valence-electron chi connectivity index (χ1n) is 8.35. The fourth-order valence-electron chi connectivity index (χ4n) is 3.24. The van der Waals surface area contributed by atoms with Crippen LogP contribution in [0.5, 0.6) is 0 Å². The molecule has 1 aliphatic heterocycles. The highest BCUT2D eigenvalue weighted by atomic mass is 35.5. The fourth-order valence-corrected chi connectivity index (χ4v) is 3.36. The minimum Gasteiger partial charge on any atom is -0.336 e. The van der Waals surface area contributed by atoms with Crippen molar-refractivity contribution in [3.05, 3.63) is 69.7 Å². The third-order valence-electron chi connectivity index (χ3n) is 4.45. The predicted octanol–water partition coefficient (Wildman–Crippen LogP) is 3.91. The first-order valence-corrected chi connectivity index (χ1v) is 8.73. The van der Waals surface area contributed by atoms with Crippen molar-refractivity contribution in [3.63, 3.8) is 0 Å². The summed E-state index contributed by atoms with van der Waals surface area (Å²) in [7, 11) is 0. The van der Waals surface area contributed by atoms with Gasteiger partial charge in [-0.05, 0) is 43.7 Å². The topological polar surface area (TPSA) is 23.6 Å². The van der Waals surface area contributed by atoms with Crippen LogP contribution in [-0.2, 0) is 6.54 Å². The van der Waals surface area contributed by atoms with E-state index < -0.39 is 0 Å². The van der Waals surface area contributed by atoms with Gasteiger partial charge < -0.3 is 4.90 Å². The molecule has 0 atom stereocenters. The van der Waals surface area contributed by atoms with E-state index >= 15 is 0 Å². The lowest BCUT2D eigenvalue weighted by Crippen LogP contribution is -2.48. The number of halogens is 1. The smallest absolute Gasteiger partial charge is 0.253 e. The van der Waals surface area contributed by atoms with Crippen LogP contribution in [0.25, 0.3) is 0 Å². The molecule has 3 rings (SSSR count). The summed E-state index contributed by atoms with van der Waals surface area (Å²) in [5.41, 5.74) is 4.34. The fraction of sp³-hybridized carbons (Fsp3) is 0.350. The Balaban J connectivity index is 1.58. The summed E-state index contributed by atoms with van der Waals surface area (Å²) in [4.78, 5) is 17.0. The lowest BCUT2D eigenvalue weighted by Gasteiger charge is -2.35. The maximum Gasteiger partial charge on any atom is 0.253 e. The molecule has 0 saturated carbocycles. The van der Waals surface area contributed by atoms with E-state index in [0.717, 1.165) is 54.4 Å². The van der Waals surface area contributed by atoms with E-state index in [1.165, 1.54) is 5.56 Å². The summed E-state index contributed by atoms with van der Waals surface area (Å²) in [5.74, 6) is 0.146. The van der Waals surface area contributed by atoms with Crippen LogP contribution in [0.4, 0.5) is 0 Å². The van der Waals surface area contributed by atoms with E-state index in [9.17, 15) is 4.79 Å². The standard InChI is InChI=1S/C20H23ClN2O/c1-15-11-16(2)13-18(12-15)20(24)23-9-7-22(8-10-23)14-17-3-5-19(21)6-4-17/h3-6,11-13H,7-10,14H2,1-2H3. The molecule has 0 radical (unpaired) electrons. The minimum atomic E-state index is 0.146. The normalized spacial score (nSPS) is 15.5. The molecular weight excluding hydrogens is 320 g/mol. The Morgan fingerprint density at radius 2 is 1.54 bits per heavy atom. The number of nitrogens with zero attached hydrogens (tertiary/aromatic N) is 2. The van der Waals surface area contributed by atoms with Gasteiger partial charge in [-0.3, -0.25) is 9.69 Å². The molecule has 0 bridgehead atoms. The monoisotopic (exact) mass is 342 g/mol. The Bertz CT molecular complexity index is 699. The van der Waals surface area contributed by atoms with Crippen molar-refractivity contribution in [2.45, 2.75) is 20.4 Å². The average Bonchev–Trinajstić information content (AvgIpc) is 2.56. The molecule has 0 N–H and O–H groups in total. The van der Waals surface area contributed by atoms with Crippen molar-refractivity contribution in [1.82, 2.24) is 9.80 Å². The Morgan fingerprint density at radius 3 is 2.12 bits per heavy atom. The number of carbonyl (C=O) groups excluding carboxylic acids is 1. The average molecular weight is 343 g/mol. The molecule has 2 aromatic carbocycles. The van der Waals surface area contributed by atoms with Gasteiger partial charge in [0.05, 0.1) is 0 Å². The Morgan fingerprint density at radius 1 is 0.958 bits per heavy atom. The molecule has 0 aromatic heterocycles. The first kappa shape index (κ1) is 17.0. The van der Waals surface area contributed by atoms with Crippen LogP contribution < -0.4 is 0 Å². The molecule has 2 aromatic rings. The van der Waals surface area contributed by atoms with Crippen molar-refractivity contribution in [2.75, 3.05) is 26.2 Å². The maximum absolute atomic E-state index is 12.7. The molecule has 1 saturated heterocycles. The molecule has 0 aliphatic carbocycles. The quantitative estimate of drug-likeness (QED) is 0.844. The van der Waals surface area contributed by atoms with Crippen molar-refractivity contribution < 1.29 is 4.79 Å². The van der Waals surface area contributed by atoms with Crippen LogP contribution in [0.2, 0.25) is 5.02 Å². The molecular formula is C20H23ClN2O. The third-order valence-corrected chi connectivity index (χ3v) is 4.70. The van der Waals surface area contributed by atoms with Gasteiger partial charge in [0.2, 0.25) is 0 Å². The maximum atomic E-state index is 12.7. The first-order chi connectivity index (χ1) is 11.5. The molecule has 4 heteroatoms. The van der Waals surface area contributed by atoms with Gasteiger partial charge in [-0.2, -0.15) is 0 Å². The van der Waals surface area contributed by atoms with Gasteiger partial charge in [0.25, 0.3) is 5.91 Å². The Hall–Kier alpha value is -1.84. The number of amides is 1. The zero-order valence-corrected chi connectivity index (χ0v) is 15.0. The molecule has 3 nitrogen and oxygen atoms in total. The van der Waals surface area contributed by atoms with Gasteiger partial charge in [0.1, 0.15) is 0 Å². The van der Waals surface area contributed by atoms with E-state index in [1.54, 1.807) is 0 Å². The molecule has 1 heterocycles. The summed E-state index contributed by atoms with van der Waals surface area (Å²) < 4.78 is 0. The zero-order valence-electron chi connectivity index (χ0n) is 14.3. The lowest BCUT2D eigenvalue weighted by atomic mass is 10.1. The van der Waals surface area contributed by atoms with Crippen molar-refractivity contribution >= 4 is 17.5 Å². The second-order valence-corrected chi connectivity index (χ2v) is 7.01. The van der Waals surface area contributed by atoms with Crippen molar-refractivity contribution in [1.29, 1.82) is 0 Å². The SMILES string of the molecule is Cc1cc(C)cc(C(=O)N2CCN(Cc3ccc(Cl)cc3)CC2)c1.